The number of carbonyl (C=O) groups excluding carboxylic acids is 1. The van der Waals surface area contributed by atoms with Gasteiger partial charge in [-0.3, -0.25) is 4.79 Å². The molecule has 1 amide bonds. The van der Waals surface area contributed by atoms with Crippen molar-refractivity contribution < 1.29 is 4.79 Å². The van der Waals surface area contributed by atoms with Crippen molar-refractivity contribution in [3.05, 3.63) is 0 Å². The SMILES string of the molecule is N#CCCNC(=O)CCCS. The minimum atomic E-state index is 0.00861. The van der Waals surface area contributed by atoms with E-state index in [-0.39, 0.29) is 5.91 Å². The predicted octanol–water partition coefficient (Wildman–Crippen LogP) is 0.726. The quantitative estimate of drug-likeness (QED) is 0.474. The number of thiol groups is 1. The number of hydrogen-bond acceptors (Lipinski definition) is 3. The van der Waals surface area contributed by atoms with Crippen LogP contribution in [0.1, 0.15) is 19.3 Å². The molecule has 1 N–H and O–H groups in total. The Labute approximate surface area is 72.2 Å². The predicted molar refractivity (Wildman–Crippen MR) is 46.3 cm³/mol. The Kier molecular flexibility index (Phi) is 6.95. The number of nitrogens with one attached hydrogen (secondary N) is 1. The van der Waals surface area contributed by atoms with Crippen LogP contribution in [-0.4, -0.2) is 18.2 Å². The highest BCUT2D eigenvalue weighted by atomic mass is 32.1. The lowest BCUT2D eigenvalue weighted by atomic mass is 10.3. The second-order valence-corrected chi connectivity index (χ2v) is 2.53. The summed E-state index contributed by atoms with van der Waals surface area (Å²) in [6, 6.07) is 1.95. The van der Waals surface area contributed by atoms with Crippen LogP contribution in [-0.2, 0) is 4.79 Å². The minimum absolute atomic E-state index is 0.00861. The summed E-state index contributed by atoms with van der Waals surface area (Å²) in [5.41, 5.74) is 0. The van der Waals surface area contributed by atoms with Crippen molar-refractivity contribution in [1.82, 2.24) is 5.32 Å². The Hall–Kier alpha value is -0.690. The largest absolute Gasteiger partial charge is 0.355 e. The van der Waals surface area contributed by atoms with Crippen molar-refractivity contribution in [3.8, 4) is 6.07 Å². The molecule has 0 atom stereocenters. The fraction of sp³-hybridized carbons (Fsp3) is 0.714. The van der Waals surface area contributed by atoms with Crippen molar-refractivity contribution in [2.24, 2.45) is 0 Å². The first kappa shape index (κ1) is 10.3. The minimum Gasteiger partial charge on any atom is -0.355 e. The molecule has 0 spiro atoms. The summed E-state index contributed by atoms with van der Waals surface area (Å²) in [6.07, 6.45) is 1.68. The van der Waals surface area contributed by atoms with E-state index in [4.69, 9.17) is 5.26 Å². The third-order valence-electron chi connectivity index (χ3n) is 1.12. The second-order valence-electron chi connectivity index (χ2n) is 2.09. The van der Waals surface area contributed by atoms with Gasteiger partial charge in [-0.25, -0.2) is 0 Å². The van der Waals surface area contributed by atoms with Crippen LogP contribution < -0.4 is 5.32 Å². The lowest BCUT2D eigenvalue weighted by molar-refractivity contribution is -0.121. The van der Waals surface area contributed by atoms with Crippen LogP contribution in [0.15, 0.2) is 0 Å². The molecule has 0 unspecified atom stereocenters. The summed E-state index contributed by atoms with van der Waals surface area (Å²) in [7, 11) is 0. The summed E-state index contributed by atoms with van der Waals surface area (Å²) in [5, 5.41) is 10.8. The lowest BCUT2D eigenvalue weighted by Crippen LogP contribution is -2.23. The molecule has 0 saturated carbocycles. The maximum atomic E-state index is 10.8. The summed E-state index contributed by atoms with van der Waals surface area (Å²) in [6.45, 7) is 0.460. The van der Waals surface area contributed by atoms with Crippen LogP contribution in [0.25, 0.3) is 0 Å². The zero-order valence-corrected chi connectivity index (χ0v) is 7.23. The monoisotopic (exact) mass is 172 g/mol. The highest BCUT2D eigenvalue weighted by Crippen LogP contribution is 1.90. The summed E-state index contributed by atoms with van der Waals surface area (Å²) in [5.74, 6) is 0.736. The molecule has 0 aliphatic heterocycles. The summed E-state index contributed by atoms with van der Waals surface area (Å²) >= 11 is 3.97. The molecule has 0 rings (SSSR count). The molecule has 0 saturated heterocycles. The number of nitriles is 1. The first-order valence-electron chi connectivity index (χ1n) is 3.55. The van der Waals surface area contributed by atoms with Crippen molar-refractivity contribution in [2.45, 2.75) is 19.3 Å². The van der Waals surface area contributed by atoms with Crippen LogP contribution in [0, 0.1) is 11.3 Å². The van der Waals surface area contributed by atoms with E-state index in [1.807, 2.05) is 6.07 Å². The third-order valence-corrected chi connectivity index (χ3v) is 1.44. The molecule has 0 aromatic rings. The Bertz CT molecular complexity index is 153. The molecule has 0 aromatic heterocycles. The van der Waals surface area contributed by atoms with Gasteiger partial charge in [0.05, 0.1) is 12.5 Å². The standard InChI is InChI=1S/C7H12N2OS/c8-4-2-5-9-7(10)3-1-6-11/h11H,1-3,5-6H2,(H,9,10). The first-order chi connectivity index (χ1) is 5.31. The molecule has 0 bridgehead atoms. The van der Waals surface area contributed by atoms with Gasteiger partial charge in [0.25, 0.3) is 0 Å². The van der Waals surface area contributed by atoms with E-state index in [9.17, 15) is 4.79 Å². The number of amides is 1. The molecule has 0 aliphatic carbocycles. The smallest absolute Gasteiger partial charge is 0.220 e. The second kappa shape index (κ2) is 7.42. The zero-order chi connectivity index (χ0) is 8.53. The lowest BCUT2D eigenvalue weighted by Gasteiger charge is -1.99. The summed E-state index contributed by atoms with van der Waals surface area (Å²) in [4.78, 5) is 10.8. The average Bonchev–Trinajstić information content (AvgIpc) is 2.01. The molecule has 0 aliphatic rings. The molecule has 11 heavy (non-hydrogen) atoms. The van der Waals surface area contributed by atoms with Gasteiger partial charge in [-0.1, -0.05) is 0 Å². The highest BCUT2D eigenvalue weighted by Gasteiger charge is 1.97. The van der Waals surface area contributed by atoms with Crippen LogP contribution >= 0.6 is 12.6 Å². The van der Waals surface area contributed by atoms with E-state index in [1.165, 1.54) is 0 Å². The third kappa shape index (κ3) is 7.20. The first-order valence-corrected chi connectivity index (χ1v) is 4.19. The van der Waals surface area contributed by atoms with Gasteiger partial charge >= 0.3 is 0 Å². The maximum absolute atomic E-state index is 10.8. The van der Waals surface area contributed by atoms with Crippen molar-refractivity contribution in [2.75, 3.05) is 12.3 Å². The average molecular weight is 172 g/mol. The number of hydrogen-bond donors (Lipinski definition) is 2. The normalized spacial score (nSPS) is 8.73. The van der Waals surface area contributed by atoms with Gasteiger partial charge in [0, 0.05) is 13.0 Å². The maximum Gasteiger partial charge on any atom is 0.220 e. The topological polar surface area (TPSA) is 52.9 Å². The van der Waals surface area contributed by atoms with E-state index in [1.54, 1.807) is 0 Å². The molecule has 0 heterocycles. The zero-order valence-electron chi connectivity index (χ0n) is 6.34. The van der Waals surface area contributed by atoms with E-state index < -0.39 is 0 Å². The molecule has 0 radical (unpaired) electrons. The van der Waals surface area contributed by atoms with Crippen molar-refractivity contribution in [1.29, 1.82) is 5.26 Å². The number of nitrogens with zero attached hydrogens (tertiary/aromatic N) is 1. The van der Waals surface area contributed by atoms with E-state index >= 15 is 0 Å². The fourth-order valence-corrected chi connectivity index (χ4v) is 0.744. The van der Waals surface area contributed by atoms with E-state index in [0.717, 1.165) is 12.2 Å². The van der Waals surface area contributed by atoms with E-state index in [0.29, 0.717) is 19.4 Å². The Morgan fingerprint density at radius 1 is 1.64 bits per heavy atom. The van der Waals surface area contributed by atoms with Gasteiger partial charge in [-0.2, -0.15) is 17.9 Å². The molecular formula is C7H12N2OS. The van der Waals surface area contributed by atoms with Crippen molar-refractivity contribution >= 4 is 18.5 Å². The van der Waals surface area contributed by atoms with Gasteiger partial charge < -0.3 is 5.32 Å². The van der Waals surface area contributed by atoms with E-state index in [2.05, 4.69) is 17.9 Å². The van der Waals surface area contributed by atoms with Crippen LogP contribution in [0.2, 0.25) is 0 Å². The molecule has 0 aromatic carbocycles. The number of carbonyl (C=O) groups is 1. The van der Waals surface area contributed by atoms with Gasteiger partial charge in [0.2, 0.25) is 5.91 Å². The van der Waals surface area contributed by atoms with Crippen LogP contribution in [0.5, 0.6) is 0 Å². The van der Waals surface area contributed by atoms with Crippen molar-refractivity contribution in [3.63, 3.8) is 0 Å². The van der Waals surface area contributed by atoms with Gasteiger partial charge in [-0.15, -0.1) is 0 Å². The van der Waals surface area contributed by atoms with Crippen LogP contribution in [0.4, 0.5) is 0 Å². The van der Waals surface area contributed by atoms with Crippen LogP contribution in [0.3, 0.4) is 0 Å². The number of rotatable bonds is 5. The Morgan fingerprint density at radius 2 is 2.36 bits per heavy atom. The fourth-order valence-electron chi connectivity index (χ4n) is 0.586. The molecule has 4 heteroatoms. The highest BCUT2D eigenvalue weighted by molar-refractivity contribution is 7.80. The van der Waals surface area contributed by atoms with Gasteiger partial charge in [0.1, 0.15) is 0 Å². The molecule has 0 fully saturated rings. The van der Waals surface area contributed by atoms with Gasteiger partial charge in [-0.05, 0) is 12.2 Å². The van der Waals surface area contributed by atoms with Gasteiger partial charge in [0.15, 0.2) is 0 Å². The molecular weight excluding hydrogens is 160 g/mol. The molecule has 3 nitrogen and oxygen atoms in total. The Morgan fingerprint density at radius 3 is 2.91 bits per heavy atom. The molecule has 62 valence electrons. The Balaban J connectivity index is 3.17. The summed E-state index contributed by atoms with van der Waals surface area (Å²) < 4.78 is 0.